The molecule has 1 aromatic heterocycles. The zero-order valence-electron chi connectivity index (χ0n) is 16.2. The molecule has 1 aliphatic carbocycles. The van der Waals surface area contributed by atoms with Crippen molar-refractivity contribution in [1.29, 1.82) is 0 Å². The van der Waals surface area contributed by atoms with Gasteiger partial charge in [0.1, 0.15) is 0 Å². The lowest BCUT2D eigenvalue weighted by Gasteiger charge is -2.35. The summed E-state index contributed by atoms with van der Waals surface area (Å²) in [5, 5.41) is 0. The molecular weight excluding hydrogens is 326 g/mol. The Labute approximate surface area is 155 Å². The Morgan fingerprint density at radius 1 is 1.15 bits per heavy atom. The first kappa shape index (κ1) is 17.5. The molecule has 4 heterocycles. The number of hydrogen-bond donors (Lipinski definition) is 0. The summed E-state index contributed by atoms with van der Waals surface area (Å²) in [6.07, 6.45) is 3.64. The Bertz CT molecular complexity index is 714. The van der Waals surface area contributed by atoms with Gasteiger partial charge in [0.15, 0.2) is 0 Å². The molecule has 5 heteroatoms. The summed E-state index contributed by atoms with van der Waals surface area (Å²) in [5.41, 5.74) is 0.982. The number of fused-ring (bicyclic) bond motifs is 4. The van der Waals surface area contributed by atoms with Crippen molar-refractivity contribution in [3.8, 4) is 0 Å². The normalized spacial score (nSPS) is 29.6. The van der Waals surface area contributed by atoms with Crippen molar-refractivity contribution >= 4 is 11.8 Å². The molecule has 2 atom stereocenters. The molecule has 0 radical (unpaired) electrons. The first-order valence-corrected chi connectivity index (χ1v) is 9.72. The van der Waals surface area contributed by atoms with Gasteiger partial charge in [0.25, 0.3) is 0 Å². The highest BCUT2D eigenvalue weighted by Crippen LogP contribution is 2.68. The van der Waals surface area contributed by atoms with E-state index in [1.54, 1.807) is 6.20 Å². The standard InChI is InChI=1S/C21H29N3O2/c1-20(2)17(21(20,3)4)19(26)23-11-14-8-9-16(13-23)24(18(14)25)12-15-7-5-6-10-22-15/h5-7,10,14,16-17H,8-9,11-13H2,1-4H3/t14-,16+/m0/s1. The van der Waals surface area contributed by atoms with Crippen LogP contribution in [0.2, 0.25) is 0 Å². The van der Waals surface area contributed by atoms with Crippen LogP contribution in [0.25, 0.3) is 0 Å². The Morgan fingerprint density at radius 3 is 2.50 bits per heavy atom. The van der Waals surface area contributed by atoms with E-state index in [9.17, 15) is 9.59 Å². The molecule has 1 aromatic rings. The van der Waals surface area contributed by atoms with Gasteiger partial charge in [-0.15, -0.1) is 0 Å². The number of rotatable bonds is 3. The van der Waals surface area contributed by atoms with E-state index < -0.39 is 0 Å². The molecule has 0 N–H and O–H groups in total. The van der Waals surface area contributed by atoms with Gasteiger partial charge < -0.3 is 9.80 Å². The highest BCUT2D eigenvalue weighted by atomic mass is 16.2. The van der Waals surface area contributed by atoms with Gasteiger partial charge in [-0.3, -0.25) is 14.6 Å². The Balaban J connectivity index is 1.53. The summed E-state index contributed by atoms with van der Waals surface area (Å²) in [6, 6.07) is 5.91. The molecule has 5 nitrogen and oxygen atoms in total. The highest BCUT2D eigenvalue weighted by Gasteiger charge is 2.69. The molecule has 26 heavy (non-hydrogen) atoms. The Kier molecular flexibility index (Phi) is 3.90. The third-order valence-electron chi connectivity index (χ3n) is 7.43. The van der Waals surface area contributed by atoms with Crippen molar-refractivity contribution in [3.63, 3.8) is 0 Å². The van der Waals surface area contributed by atoms with Crippen LogP contribution in [0.5, 0.6) is 0 Å². The van der Waals surface area contributed by atoms with Crippen molar-refractivity contribution in [2.75, 3.05) is 13.1 Å². The zero-order valence-corrected chi connectivity index (χ0v) is 16.2. The van der Waals surface area contributed by atoms with Crippen LogP contribution in [0, 0.1) is 22.7 Å². The van der Waals surface area contributed by atoms with Crippen LogP contribution >= 0.6 is 0 Å². The SMILES string of the molecule is CC1(C)C(C(=O)N2C[C@@H]3CC[C@H](C2)N(Cc2ccccn2)C3=O)C1(C)C. The smallest absolute Gasteiger partial charge is 0.228 e. The van der Waals surface area contributed by atoms with E-state index in [4.69, 9.17) is 0 Å². The topological polar surface area (TPSA) is 53.5 Å². The number of carbonyl (C=O) groups excluding carboxylic acids is 2. The molecule has 0 unspecified atom stereocenters. The van der Waals surface area contributed by atoms with Crippen LogP contribution in [0.4, 0.5) is 0 Å². The fraction of sp³-hybridized carbons (Fsp3) is 0.667. The first-order chi connectivity index (χ1) is 12.2. The van der Waals surface area contributed by atoms with Crippen molar-refractivity contribution in [2.45, 2.75) is 53.1 Å². The maximum Gasteiger partial charge on any atom is 0.228 e. The number of nitrogens with zero attached hydrogens (tertiary/aromatic N) is 3. The summed E-state index contributed by atoms with van der Waals surface area (Å²) in [4.78, 5) is 34.5. The lowest BCUT2D eigenvalue weighted by atomic mass is 9.94. The predicted molar refractivity (Wildman–Crippen MR) is 98.9 cm³/mol. The van der Waals surface area contributed by atoms with Crippen LogP contribution in [0.3, 0.4) is 0 Å². The minimum Gasteiger partial charge on any atom is -0.340 e. The predicted octanol–water partition coefficient (Wildman–Crippen LogP) is 2.71. The fourth-order valence-electron chi connectivity index (χ4n) is 5.09. The maximum atomic E-state index is 13.2. The van der Waals surface area contributed by atoms with E-state index in [1.165, 1.54) is 0 Å². The van der Waals surface area contributed by atoms with Gasteiger partial charge in [-0.1, -0.05) is 33.8 Å². The number of carbonyl (C=O) groups is 2. The average Bonchev–Trinajstić information content (AvgIpc) is 3.15. The summed E-state index contributed by atoms with van der Waals surface area (Å²) < 4.78 is 0. The molecule has 5 rings (SSSR count). The van der Waals surface area contributed by atoms with E-state index in [0.29, 0.717) is 19.6 Å². The molecule has 4 fully saturated rings. The number of hydrogen-bond acceptors (Lipinski definition) is 3. The first-order valence-electron chi connectivity index (χ1n) is 9.72. The van der Waals surface area contributed by atoms with E-state index in [-0.39, 0.29) is 40.5 Å². The molecule has 0 aromatic carbocycles. The molecule has 0 spiro atoms. The van der Waals surface area contributed by atoms with Crippen molar-refractivity contribution in [1.82, 2.24) is 14.8 Å². The van der Waals surface area contributed by atoms with E-state index in [1.807, 2.05) is 28.0 Å². The van der Waals surface area contributed by atoms with E-state index in [0.717, 1.165) is 18.5 Å². The van der Waals surface area contributed by atoms with E-state index >= 15 is 0 Å². The van der Waals surface area contributed by atoms with Crippen molar-refractivity contribution in [2.24, 2.45) is 22.7 Å². The molecule has 140 valence electrons. The van der Waals surface area contributed by atoms with Gasteiger partial charge in [-0.25, -0.2) is 0 Å². The zero-order chi connectivity index (χ0) is 18.7. The monoisotopic (exact) mass is 355 g/mol. The summed E-state index contributed by atoms with van der Waals surface area (Å²) in [7, 11) is 0. The fourth-order valence-corrected chi connectivity index (χ4v) is 5.09. The molecule has 3 aliphatic heterocycles. The third-order valence-corrected chi connectivity index (χ3v) is 7.43. The summed E-state index contributed by atoms with van der Waals surface area (Å²) in [5.74, 6) is 0.430. The van der Waals surface area contributed by atoms with Gasteiger partial charge in [-0.05, 0) is 35.8 Å². The molecule has 3 saturated heterocycles. The van der Waals surface area contributed by atoms with Crippen LogP contribution in [0.15, 0.2) is 24.4 Å². The van der Waals surface area contributed by atoms with Crippen molar-refractivity contribution < 1.29 is 9.59 Å². The second-order valence-corrected chi connectivity index (χ2v) is 9.33. The molecular formula is C21H29N3O2. The average molecular weight is 355 g/mol. The molecule has 2 amide bonds. The van der Waals surface area contributed by atoms with E-state index in [2.05, 4.69) is 32.7 Å². The second-order valence-electron chi connectivity index (χ2n) is 9.33. The minimum absolute atomic E-state index is 0.0348. The minimum atomic E-state index is -0.0635. The van der Waals surface area contributed by atoms with Gasteiger partial charge in [0.05, 0.1) is 18.2 Å². The van der Waals surface area contributed by atoms with Gasteiger partial charge >= 0.3 is 0 Å². The third kappa shape index (κ3) is 2.55. The highest BCUT2D eigenvalue weighted by molar-refractivity contribution is 5.86. The number of pyridine rings is 1. The van der Waals surface area contributed by atoms with Crippen molar-refractivity contribution in [3.05, 3.63) is 30.1 Å². The summed E-state index contributed by atoms with van der Waals surface area (Å²) in [6.45, 7) is 10.5. The summed E-state index contributed by atoms with van der Waals surface area (Å²) >= 11 is 0. The molecule has 2 bridgehead atoms. The number of piperidine rings is 1. The van der Waals surface area contributed by atoms with Gasteiger partial charge in [0, 0.05) is 31.2 Å². The van der Waals surface area contributed by atoms with Crippen LogP contribution in [-0.4, -0.2) is 45.7 Å². The lowest BCUT2D eigenvalue weighted by molar-refractivity contribution is -0.140. The Morgan fingerprint density at radius 2 is 1.88 bits per heavy atom. The molecule has 1 saturated carbocycles. The lowest BCUT2D eigenvalue weighted by Crippen LogP contribution is -2.47. The largest absolute Gasteiger partial charge is 0.340 e. The van der Waals surface area contributed by atoms with Crippen LogP contribution in [-0.2, 0) is 16.1 Å². The van der Waals surface area contributed by atoms with Gasteiger partial charge in [-0.2, -0.15) is 0 Å². The van der Waals surface area contributed by atoms with Crippen LogP contribution in [0.1, 0.15) is 46.2 Å². The number of amides is 2. The molecule has 4 aliphatic rings. The quantitative estimate of drug-likeness (QED) is 0.838. The second kappa shape index (κ2) is 5.80. The Hall–Kier alpha value is -1.91. The van der Waals surface area contributed by atoms with Gasteiger partial charge in [0.2, 0.25) is 11.8 Å². The number of aromatic nitrogens is 1. The maximum absolute atomic E-state index is 13.2. The van der Waals surface area contributed by atoms with Crippen LogP contribution < -0.4 is 0 Å².